The van der Waals surface area contributed by atoms with E-state index in [-0.39, 0.29) is 0 Å². The van der Waals surface area contributed by atoms with Crippen molar-refractivity contribution in [3.8, 4) is 17.0 Å². The van der Waals surface area contributed by atoms with E-state index in [0.29, 0.717) is 6.61 Å². The Morgan fingerprint density at radius 3 is 2.75 bits per heavy atom. The van der Waals surface area contributed by atoms with Gasteiger partial charge >= 0.3 is 0 Å². The van der Waals surface area contributed by atoms with Gasteiger partial charge in [-0.25, -0.2) is 4.98 Å². The summed E-state index contributed by atoms with van der Waals surface area (Å²) in [5.41, 5.74) is 4.90. The summed E-state index contributed by atoms with van der Waals surface area (Å²) in [5.74, 6) is 0.975. The lowest BCUT2D eigenvalue weighted by atomic mass is 10.0. The Morgan fingerprint density at radius 1 is 1.20 bits per heavy atom. The molecule has 0 aliphatic rings. The number of aryl methyl sites for hydroxylation is 3. The quantitative estimate of drug-likeness (QED) is 0.714. The summed E-state index contributed by atoms with van der Waals surface area (Å²) in [6.45, 7) is 9.10. The lowest BCUT2D eigenvalue weighted by Crippen LogP contribution is -1.97. The third-order valence-corrected chi connectivity index (χ3v) is 4.49. The molecule has 0 spiro atoms. The Labute approximate surface area is 122 Å². The normalized spacial score (nSPS) is 11.2. The molecule has 0 saturated heterocycles. The fourth-order valence-electron chi connectivity index (χ4n) is 2.57. The number of aromatic nitrogens is 2. The van der Waals surface area contributed by atoms with Crippen LogP contribution in [0, 0.1) is 20.8 Å². The zero-order chi connectivity index (χ0) is 14.3. The van der Waals surface area contributed by atoms with Crippen LogP contribution in [-0.2, 0) is 0 Å². The number of imidazole rings is 1. The summed E-state index contributed by atoms with van der Waals surface area (Å²) in [5, 5.41) is 0. The highest BCUT2D eigenvalue weighted by Gasteiger charge is 2.15. The van der Waals surface area contributed by atoms with Gasteiger partial charge in [-0.2, -0.15) is 0 Å². The number of nitrogens with zero attached hydrogens (tertiary/aromatic N) is 2. The van der Waals surface area contributed by atoms with E-state index in [2.05, 4.69) is 42.3 Å². The van der Waals surface area contributed by atoms with Crippen molar-refractivity contribution in [2.45, 2.75) is 27.7 Å². The second-order valence-electron chi connectivity index (χ2n) is 4.95. The first kappa shape index (κ1) is 13.2. The Bertz CT molecular complexity index is 770. The van der Waals surface area contributed by atoms with Gasteiger partial charge in [0.2, 0.25) is 0 Å². The van der Waals surface area contributed by atoms with Crippen molar-refractivity contribution in [1.82, 2.24) is 9.38 Å². The summed E-state index contributed by atoms with van der Waals surface area (Å²) in [7, 11) is 0. The van der Waals surface area contributed by atoms with Crippen molar-refractivity contribution in [1.29, 1.82) is 0 Å². The summed E-state index contributed by atoms with van der Waals surface area (Å²) >= 11 is 1.73. The fourth-order valence-corrected chi connectivity index (χ4v) is 3.51. The van der Waals surface area contributed by atoms with Gasteiger partial charge in [-0.1, -0.05) is 0 Å². The standard InChI is InChI=1S/C16H18N2OS/c1-5-19-14-9-10(2)13(8-11(14)3)15-12(4)20-16-17-6-7-18(15)16/h6-9H,5H2,1-4H3. The third-order valence-electron chi connectivity index (χ3n) is 3.50. The van der Waals surface area contributed by atoms with E-state index in [0.717, 1.165) is 10.7 Å². The number of fused-ring (bicyclic) bond motifs is 1. The van der Waals surface area contributed by atoms with Crippen LogP contribution in [0.2, 0.25) is 0 Å². The minimum absolute atomic E-state index is 0.697. The maximum atomic E-state index is 5.68. The monoisotopic (exact) mass is 286 g/mol. The van der Waals surface area contributed by atoms with Gasteiger partial charge in [-0.05, 0) is 51.0 Å². The Kier molecular flexibility index (Phi) is 3.26. The average Bonchev–Trinajstić information content (AvgIpc) is 2.94. The number of rotatable bonds is 3. The highest BCUT2D eigenvalue weighted by atomic mass is 32.1. The highest BCUT2D eigenvalue weighted by molar-refractivity contribution is 7.17. The highest BCUT2D eigenvalue weighted by Crippen LogP contribution is 2.35. The van der Waals surface area contributed by atoms with Crippen molar-refractivity contribution < 1.29 is 4.74 Å². The SMILES string of the molecule is CCOc1cc(C)c(-c2c(C)sc3nccn23)cc1C. The van der Waals surface area contributed by atoms with Crippen molar-refractivity contribution >= 4 is 16.3 Å². The molecule has 0 unspecified atom stereocenters. The Hall–Kier alpha value is -1.81. The molecule has 2 aromatic heterocycles. The molecule has 4 heteroatoms. The van der Waals surface area contributed by atoms with Gasteiger partial charge in [-0.3, -0.25) is 4.40 Å². The predicted molar refractivity (Wildman–Crippen MR) is 83.9 cm³/mol. The number of thiazole rings is 1. The van der Waals surface area contributed by atoms with Crippen molar-refractivity contribution in [3.05, 3.63) is 40.5 Å². The molecular formula is C16H18N2OS. The molecule has 0 atom stereocenters. The summed E-state index contributed by atoms with van der Waals surface area (Å²) in [6.07, 6.45) is 3.88. The molecule has 0 aliphatic carbocycles. The van der Waals surface area contributed by atoms with Crippen LogP contribution in [0.5, 0.6) is 5.75 Å². The maximum Gasteiger partial charge on any atom is 0.194 e. The summed E-state index contributed by atoms with van der Waals surface area (Å²) in [6, 6.07) is 4.35. The smallest absolute Gasteiger partial charge is 0.194 e. The van der Waals surface area contributed by atoms with E-state index < -0.39 is 0 Å². The van der Waals surface area contributed by atoms with Crippen LogP contribution in [0.4, 0.5) is 0 Å². The van der Waals surface area contributed by atoms with E-state index in [9.17, 15) is 0 Å². The largest absolute Gasteiger partial charge is 0.494 e. The van der Waals surface area contributed by atoms with Gasteiger partial charge in [0.05, 0.1) is 12.3 Å². The first-order chi connectivity index (χ1) is 9.61. The van der Waals surface area contributed by atoms with Crippen molar-refractivity contribution in [2.24, 2.45) is 0 Å². The van der Waals surface area contributed by atoms with Gasteiger partial charge in [0.1, 0.15) is 5.75 Å². The molecule has 0 bridgehead atoms. The van der Waals surface area contributed by atoms with Gasteiger partial charge < -0.3 is 4.74 Å². The van der Waals surface area contributed by atoms with Crippen LogP contribution in [0.3, 0.4) is 0 Å². The van der Waals surface area contributed by atoms with E-state index in [1.165, 1.54) is 27.3 Å². The molecule has 0 fully saturated rings. The van der Waals surface area contributed by atoms with Crippen LogP contribution >= 0.6 is 11.3 Å². The fraction of sp³-hybridized carbons (Fsp3) is 0.312. The summed E-state index contributed by atoms with van der Waals surface area (Å²) in [4.78, 5) is 6.72. The zero-order valence-electron chi connectivity index (χ0n) is 12.2. The lowest BCUT2D eigenvalue weighted by molar-refractivity contribution is 0.337. The Balaban J connectivity index is 2.21. The van der Waals surface area contributed by atoms with E-state index in [1.54, 1.807) is 11.3 Å². The molecule has 0 amide bonds. The van der Waals surface area contributed by atoms with Crippen LogP contribution in [0.25, 0.3) is 16.2 Å². The molecule has 104 valence electrons. The van der Waals surface area contributed by atoms with E-state index in [1.807, 2.05) is 19.3 Å². The van der Waals surface area contributed by atoms with Gasteiger partial charge in [0.25, 0.3) is 0 Å². The topological polar surface area (TPSA) is 26.5 Å². The number of ether oxygens (including phenoxy) is 1. The second-order valence-corrected chi connectivity index (χ2v) is 6.13. The first-order valence-corrected chi connectivity index (χ1v) is 7.60. The van der Waals surface area contributed by atoms with E-state index in [4.69, 9.17) is 4.74 Å². The number of benzene rings is 1. The van der Waals surface area contributed by atoms with Gasteiger partial charge in [0, 0.05) is 22.8 Å². The molecule has 0 saturated carbocycles. The van der Waals surface area contributed by atoms with Crippen molar-refractivity contribution in [2.75, 3.05) is 6.61 Å². The Morgan fingerprint density at radius 2 is 2.00 bits per heavy atom. The molecule has 1 aromatic carbocycles. The van der Waals surface area contributed by atoms with Gasteiger partial charge in [-0.15, -0.1) is 11.3 Å². The van der Waals surface area contributed by atoms with Gasteiger partial charge in [0.15, 0.2) is 4.96 Å². The van der Waals surface area contributed by atoms with E-state index >= 15 is 0 Å². The molecular weight excluding hydrogens is 268 g/mol. The average molecular weight is 286 g/mol. The minimum atomic E-state index is 0.697. The minimum Gasteiger partial charge on any atom is -0.494 e. The molecule has 2 heterocycles. The molecule has 0 N–H and O–H groups in total. The first-order valence-electron chi connectivity index (χ1n) is 6.78. The third kappa shape index (κ3) is 2.00. The molecule has 3 aromatic rings. The molecule has 0 aliphatic heterocycles. The summed E-state index contributed by atoms with van der Waals surface area (Å²) < 4.78 is 7.84. The number of hydrogen-bond acceptors (Lipinski definition) is 3. The zero-order valence-corrected chi connectivity index (χ0v) is 13.0. The molecule has 0 radical (unpaired) electrons. The number of hydrogen-bond donors (Lipinski definition) is 0. The lowest BCUT2D eigenvalue weighted by Gasteiger charge is -2.13. The molecule has 3 nitrogen and oxygen atoms in total. The van der Waals surface area contributed by atoms with Crippen LogP contribution in [0.15, 0.2) is 24.5 Å². The predicted octanol–water partition coefficient (Wildman–Crippen LogP) is 4.39. The molecule has 20 heavy (non-hydrogen) atoms. The van der Waals surface area contributed by atoms with Crippen LogP contribution in [0.1, 0.15) is 22.9 Å². The van der Waals surface area contributed by atoms with Crippen molar-refractivity contribution in [3.63, 3.8) is 0 Å². The van der Waals surface area contributed by atoms with Crippen LogP contribution < -0.4 is 4.74 Å². The maximum absolute atomic E-state index is 5.68. The molecule has 3 rings (SSSR count). The van der Waals surface area contributed by atoms with Crippen LogP contribution in [-0.4, -0.2) is 16.0 Å². The second kappa shape index (κ2) is 4.94.